The first-order valence-corrected chi connectivity index (χ1v) is 11.7. The van der Waals surface area contributed by atoms with E-state index in [0.717, 1.165) is 22.3 Å². The molecule has 7 heteroatoms. The van der Waals surface area contributed by atoms with Gasteiger partial charge in [-0.1, -0.05) is 76.2 Å². The number of amides is 2. The maximum Gasteiger partial charge on any atom is 0.407 e. The number of carbonyl (C=O) groups is 3. The third kappa shape index (κ3) is 6.37. The molecule has 2 amide bonds. The number of benzene rings is 2. The average molecular weight is 467 g/mol. The van der Waals surface area contributed by atoms with Crippen LogP contribution in [0.15, 0.2) is 48.5 Å². The molecule has 0 unspecified atom stereocenters. The Morgan fingerprint density at radius 3 is 2.09 bits per heavy atom. The van der Waals surface area contributed by atoms with Gasteiger partial charge in [0.05, 0.1) is 6.42 Å². The molecule has 34 heavy (non-hydrogen) atoms. The fourth-order valence-electron chi connectivity index (χ4n) is 4.33. The normalized spacial score (nSPS) is 13.7. The first kappa shape index (κ1) is 25.3. The van der Waals surface area contributed by atoms with E-state index < -0.39 is 23.5 Å². The Kier molecular flexibility index (Phi) is 7.97. The van der Waals surface area contributed by atoms with Crippen LogP contribution in [0.25, 0.3) is 11.1 Å². The minimum absolute atomic E-state index is 0.0123. The molecule has 0 aliphatic heterocycles. The molecule has 0 saturated carbocycles. The Morgan fingerprint density at radius 2 is 1.56 bits per heavy atom. The van der Waals surface area contributed by atoms with Crippen molar-refractivity contribution in [2.45, 2.75) is 52.5 Å². The largest absolute Gasteiger partial charge is 0.481 e. The second kappa shape index (κ2) is 10.7. The summed E-state index contributed by atoms with van der Waals surface area (Å²) in [5, 5.41) is 14.6. The molecule has 0 heterocycles. The lowest BCUT2D eigenvalue weighted by Crippen LogP contribution is -2.44. The molecule has 7 nitrogen and oxygen atoms in total. The first-order valence-electron chi connectivity index (χ1n) is 11.7. The fourth-order valence-corrected chi connectivity index (χ4v) is 4.33. The highest BCUT2D eigenvalue weighted by Crippen LogP contribution is 2.44. The van der Waals surface area contributed by atoms with E-state index in [1.165, 1.54) is 0 Å². The summed E-state index contributed by atoms with van der Waals surface area (Å²) in [5.74, 6) is -1.17. The lowest BCUT2D eigenvalue weighted by molar-refractivity contribution is -0.139. The van der Waals surface area contributed by atoms with E-state index in [9.17, 15) is 14.4 Å². The van der Waals surface area contributed by atoms with E-state index in [1.54, 1.807) is 13.8 Å². The van der Waals surface area contributed by atoms with Gasteiger partial charge in [0.15, 0.2) is 0 Å². The van der Waals surface area contributed by atoms with Crippen LogP contribution in [0.1, 0.15) is 57.6 Å². The van der Waals surface area contributed by atoms with Crippen LogP contribution in [0, 0.1) is 11.3 Å². The lowest BCUT2D eigenvalue weighted by Gasteiger charge is -2.25. The predicted octanol–water partition coefficient (Wildman–Crippen LogP) is 4.56. The quantitative estimate of drug-likeness (QED) is 0.476. The van der Waals surface area contributed by atoms with E-state index in [2.05, 4.69) is 34.9 Å². The Morgan fingerprint density at radius 1 is 1.00 bits per heavy atom. The molecule has 3 N–H and O–H groups in total. The zero-order chi connectivity index (χ0) is 24.9. The van der Waals surface area contributed by atoms with Crippen LogP contribution in [-0.2, 0) is 14.3 Å². The summed E-state index contributed by atoms with van der Waals surface area (Å²) in [6.45, 7) is 7.88. The number of carboxylic acid groups (broad SMARTS) is 1. The average Bonchev–Trinajstić information content (AvgIpc) is 3.09. The summed E-state index contributed by atoms with van der Waals surface area (Å²) >= 11 is 0. The van der Waals surface area contributed by atoms with Gasteiger partial charge in [-0.25, -0.2) is 4.79 Å². The summed E-state index contributed by atoms with van der Waals surface area (Å²) in [7, 11) is 0. The highest BCUT2D eigenvalue weighted by molar-refractivity contribution is 5.79. The smallest absolute Gasteiger partial charge is 0.407 e. The molecular formula is C27H34N2O5. The van der Waals surface area contributed by atoms with E-state index in [4.69, 9.17) is 9.84 Å². The molecule has 0 bridgehead atoms. The SMILES string of the molecule is CC(C)[C@@H](CC(=O)NCC(C)(C)CC(=O)O)NC(=O)OCC1c2ccccc2-c2ccccc21. The Hall–Kier alpha value is -3.35. The topological polar surface area (TPSA) is 105 Å². The van der Waals surface area contributed by atoms with E-state index in [-0.39, 0.29) is 43.7 Å². The van der Waals surface area contributed by atoms with Gasteiger partial charge in [-0.2, -0.15) is 0 Å². The number of fused-ring (bicyclic) bond motifs is 3. The maximum absolute atomic E-state index is 12.6. The highest BCUT2D eigenvalue weighted by atomic mass is 16.5. The van der Waals surface area contributed by atoms with Gasteiger partial charge in [0.2, 0.25) is 5.91 Å². The number of rotatable bonds is 10. The molecule has 3 rings (SSSR count). The Bertz CT molecular complexity index is 1000. The maximum atomic E-state index is 12.6. The number of carbonyl (C=O) groups excluding carboxylic acids is 2. The highest BCUT2D eigenvalue weighted by Gasteiger charge is 2.30. The van der Waals surface area contributed by atoms with E-state index in [1.807, 2.05) is 38.1 Å². The van der Waals surface area contributed by atoms with Crippen molar-refractivity contribution in [3.8, 4) is 11.1 Å². The van der Waals surface area contributed by atoms with Crippen molar-refractivity contribution in [2.24, 2.45) is 11.3 Å². The first-order chi connectivity index (χ1) is 16.1. The zero-order valence-electron chi connectivity index (χ0n) is 20.3. The number of aliphatic carboxylic acids is 1. The molecule has 1 aliphatic rings. The van der Waals surface area contributed by atoms with Crippen LogP contribution < -0.4 is 10.6 Å². The van der Waals surface area contributed by atoms with Gasteiger partial charge >= 0.3 is 12.1 Å². The second-order valence-corrected chi connectivity index (χ2v) is 10.0. The third-order valence-corrected chi connectivity index (χ3v) is 6.25. The number of carboxylic acids is 1. The number of alkyl carbamates (subject to hydrolysis) is 1. The predicted molar refractivity (Wildman–Crippen MR) is 130 cm³/mol. The molecule has 0 saturated heterocycles. The summed E-state index contributed by atoms with van der Waals surface area (Å²) in [4.78, 5) is 36.1. The minimum atomic E-state index is -0.906. The van der Waals surface area contributed by atoms with Gasteiger partial charge in [0.25, 0.3) is 0 Å². The van der Waals surface area contributed by atoms with E-state index in [0.29, 0.717) is 0 Å². The van der Waals surface area contributed by atoms with Crippen molar-refractivity contribution in [1.29, 1.82) is 0 Å². The van der Waals surface area contributed by atoms with Crippen LogP contribution >= 0.6 is 0 Å². The molecule has 0 spiro atoms. The molecule has 0 radical (unpaired) electrons. The van der Waals surface area contributed by atoms with Gasteiger partial charge in [-0.05, 0) is 33.6 Å². The second-order valence-electron chi connectivity index (χ2n) is 10.0. The van der Waals surface area contributed by atoms with Crippen molar-refractivity contribution in [2.75, 3.05) is 13.2 Å². The molecule has 182 valence electrons. The molecular weight excluding hydrogens is 432 g/mol. The molecule has 2 aromatic carbocycles. The fraction of sp³-hybridized carbons (Fsp3) is 0.444. The van der Waals surface area contributed by atoms with Crippen LogP contribution in [0.3, 0.4) is 0 Å². The van der Waals surface area contributed by atoms with Gasteiger partial charge in [0.1, 0.15) is 6.61 Å². The van der Waals surface area contributed by atoms with Gasteiger partial charge in [-0.3, -0.25) is 9.59 Å². The summed E-state index contributed by atoms with van der Waals surface area (Å²) in [6, 6.07) is 15.9. The zero-order valence-corrected chi connectivity index (χ0v) is 20.3. The van der Waals surface area contributed by atoms with Gasteiger partial charge in [-0.15, -0.1) is 0 Å². The van der Waals surface area contributed by atoms with Crippen molar-refractivity contribution in [3.05, 3.63) is 59.7 Å². The van der Waals surface area contributed by atoms with Crippen molar-refractivity contribution >= 4 is 18.0 Å². The number of hydrogen-bond acceptors (Lipinski definition) is 4. The van der Waals surface area contributed by atoms with E-state index >= 15 is 0 Å². The number of ether oxygens (including phenoxy) is 1. The van der Waals surface area contributed by atoms with Crippen molar-refractivity contribution < 1.29 is 24.2 Å². The molecule has 2 aromatic rings. The molecule has 1 atom stereocenters. The third-order valence-electron chi connectivity index (χ3n) is 6.25. The van der Waals surface area contributed by atoms with Crippen molar-refractivity contribution in [1.82, 2.24) is 10.6 Å². The summed E-state index contributed by atoms with van der Waals surface area (Å²) < 4.78 is 5.61. The molecule has 1 aliphatic carbocycles. The molecule has 0 aromatic heterocycles. The van der Waals surface area contributed by atoms with Crippen LogP contribution in [0.2, 0.25) is 0 Å². The minimum Gasteiger partial charge on any atom is -0.481 e. The van der Waals surface area contributed by atoms with Crippen molar-refractivity contribution in [3.63, 3.8) is 0 Å². The molecule has 0 fully saturated rings. The van der Waals surface area contributed by atoms with Crippen LogP contribution in [0.5, 0.6) is 0 Å². The van der Waals surface area contributed by atoms with Gasteiger partial charge in [0, 0.05) is 24.9 Å². The Balaban J connectivity index is 1.56. The van der Waals surface area contributed by atoms with Crippen LogP contribution in [-0.4, -0.2) is 42.3 Å². The summed E-state index contributed by atoms with van der Waals surface area (Å²) in [6.07, 6.45) is -0.510. The number of hydrogen-bond donors (Lipinski definition) is 3. The standard InChI is InChI=1S/C27H34N2O5/c1-17(2)23(13-24(30)28-16-27(3,4)14-25(31)32)29-26(33)34-15-22-20-11-7-5-9-18(20)19-10-6-8-12-21(19)22/h5-12,17,22-23H,13-16H2,1-4H3,(H,28,30)(H,29,33)(H,31,32)/t23-/m1/s1. The number of nitrogens with one attached hydrogen (secondary N) is 2. The van der Waals surface area contributed by atoms with Gasteiger partial charge < -0.3 is 20.5 Å². The summed E-state index contributed by atoms with van der Waals surface area (Å²) in [5.41, 5.74) is 4.04. The van der Waals surface area contributed by atoms with Crippen LogP contribution in [0.4, 0.5) is 4.79 Å². The Labute approximate surface area is 200 Å². The lowest BCUT2D eigenvalue weighted by atomic mass is 9.89. The monoisotopic (exact) mass is 466 g/mol.